The van der Waals surface area contributed by atoms with E-state index in [4.69, 9.17) is 27.2 Å². The molecule has 1 aliphatic rings. The third kappa shape index (κ3) is 6.25. The molecule has 1 aromatic carbocycles. The summed E-state index contributed by atoms with van der Waals surface area (Å²) in [5.74, 6) is 0.266. The van der Waals surface area contributed by atoms with Crippen molar-refractivity contribution in [1.29, 1.82) is 0 Å². The van der Waals surface area contributed by atoms with Crippen molar-refractivity contribution < 1.29 is 24.9 Å². The lowest BCUT2D eigenvalue weighted by atomic mass is 10.1. The minimum atomic E-state index is -1.22. The first kappa shape index (κ1) is 26.6. The minimum absolute atomic E-state index is 0.0183. The van der Waals surface area contributed by atoms with Crippen LogP contribution in [0.1, 0.15) is 24.6 Å². The molecule has 0 aliphatic carbocycles. The number of hydrogen-bond donors (Lipinski definition) is 5. The highest BCUT2D eigenvalue weighted by molar-refractivity contribution is 7.99. The molecule has 11 nitrogen and oxygen atoms in total. The summed E-state index contributed by atoms with van der Waals surface area (Å²) in [7, 11) is 0. The fourth-order valence-corrected chi connectivity index (χ4v) is 5.23. The van der Waals surface area contributed by atoms with Gasteiger partial charge in [-0.1, -0.05) is 30.3 Å². The number of aryl methyl sites for hydroxylation is 1. The number of aliphatic hydroxyl groups excluding tert-OH is 2. The maximum Gasteiger partial charge on any atom is 0.320 e. The lowest BCUT2D eigenvalue weighted by Crippen LogP contribution is -2.33. The van der Waals surface area contributed by atoms with Gasteiger partial charge in [0.25, 0.3) is 0 Å². The summed E-state index contributed by atoms with van der Waals surface area (Å²) in [6, 6.07) is 9.24. The van der Waals surface area contributed by atoms with E-state index in [9.17, 15) is 15.0 Å². The van der Waals surface area contributed by atoms with Gasteiger partial charge in [-0.25, -0.2) is 4.98 Å². The number of nitrogens with one attached hydrogen (secondary N) is 1. The average molecular weight is 537 g/mol. The van der Waals surface area contributed by atoms with E-state index >= 15 is 0 Å². The van der Waals surface area contributed by atoms with Crippen LogP contribution in [0.3, 0.4) is 0 Å². The number of carboxylic acid groups (broad SMARTS) is 1. The molecule has 13 heteroatoms. The Hall–Kier alpha value is -2.48. The molecular formula is C23H29ClN6O5S. The number of thioether (sulfide) groups is 1. The van der Waals surface area contributed by atoms with Gasteiger partial charge in [0.1, 0.15) is 18.2 Å². The number of ether oxygens (including phenoxy) is 1. The zero-order chi connectivity index (χ0) is 25.7. The van der Waals surface area contributed by atoms with E-state index in [0.717, 1.165) is 12.8 Å². The standard InChI is InChI=1S/C23H29ClN6O5S/c24-23-28-19(26-9-4-7-13-5-2-1-3-6-13)16-20(29-23)30(12-27-16)21-18(32)17(31)15(35-21)11-36-10-8-14(25)22(33)34/h1-3,5-6,12,14-15,17-18,21,31-32H,4,7-11,25H2,(H,33,34)(H,26,28,29)/t14?,15-,17-,18-,21-/m1/s1. The molecule has 1 saturated heterocycles. The second-order valence-electron chi connectivity index (χ2n) is 8.54. The predicted octanol–water partition coefficient (Wildman–Crippen LogP) is 1.68. The number of rotatable bonds is 12. The van der Waals surface area contributed by atoms with Crippen molar-refractivity contribution in [3.63, 3.8) is 0 Å². The average Bonchev–Trinajstić information content (AvgIpc) is 3.40. The van der Waals surface area contributed by atoms with Gasteiger partial charge in [-0.2, -0.15) is 21.7 Å². The number of anilines is 1. The van der Waals surface area contributed by atoms with Gasteiger partial charge < -0.3 is 31.1 Å². The number of carbonyl (C=O) groups is 1. The Balaban J connectivity index is 1.39. The first-order valence-electron chi connectivity index (χ1n) is 11.6. The fourth-order valence-electron chi connectivity index (χ4n) is 3.97. The SMILES string of the molecule is NC(CCSC[C@H]1O[C@@H](n2cnc3c(NCCCc4ccccc4)nc(Cl)nc32)[C@H](O)[C@@H]1O)C(=O)O. The molecule has 3 heterocycles. The minimum Gasteiger partial charge on any atom is -0.480 e. The number of nitrogens with two attached hydrogens (primary N) is 1. The van der Waals surface area contributed by atoms with Gasteiger partial charge in [-0.05, 0) is 42.2 Å². The summed E-state index contributed by atoms with van der Waals surface area (Å²) in [6.07, 6.45) is -0.390. The number of aromatic nitrogens is 4. The largest absolute Gasteiger partial charge is 0.480 e. The molecule has 0 radical (unpaired) electrons. The van der Waals surface area contributed by atoms with Crippen molar-refractivity contribution in [3.05, 3.63) is 47.5 Å². The van der Waals surface area contributed by atoms with E-state index in [0.29, 0.717) is 35.0 Å². The summed E-state index contributed by atoms with van der Waals surface area (Å²) >= 11 is 7.58. The van der Waals surface area contributed by atoms with Crippen LogP contribution in [0.25, 0.3) is 11.2 Å². The highest BCUT2D eigenvalue weighted by Crippen LogP contribution is 2.34. The Kier molecular flexibility index (Phi) is 8.99. The molecule has 0 saturated carbocycles. The van der Waals surface area contributed by atoms with Crippen LogP contribution in [0.15, 0.2) is 36.7 Å². The molecule has 4 rings (SSSR count). The molecule has 0 amide bonds. The van der Waals surface area contributed by atoms with Gasteiger partial charge in [0, 0.05) is 12.3 Å². The smallest absolute Gasteiger partial charge is 0.320 e. The number of nitrogens with zero attached hydrogens (tertiary/aromatic N) is 4. The zero-order valence-corrected chi connectivity index (χ0v) is 21.0. The van der Waals surface area contributed by atoms with E-state index in [1.807, 2.05) is 18.2 Å². The van der Waals surface area contributed by atoms with E-state index in [1.165, 1.54) is 28.2 Å². The molecule has 3 aromatic rings. The summed E-state index contributed by atoms with van der Waals surface area (Å²) in [5, 5.41) is 33.4. The second kappa shape index (κ2) is 12.2. The van der Waals surface area contributed by atoms with Crippen molar-refractivity contribution in [3.8, 4) is 0 Å². The Labute approximate surface area is 217 Å². The van der Waals surface area contributed by atoms with E-state index in [2.05, 4.69) is 32.4 Å². The van der Waals surface area contributed by atoms with Crippen LogP contribution in [-0.2, 0) is 16.0 Å². The monoisotopic (exact) mass is 536 g/mol. The number of imidazole rings is 1. The molecule has 0 spiro atoms. The molecular weight excluding hydrogens is 508 g/mol. The van der Waals surface area contributed by atoms with Crippen molar-refractivity contribution >= 4 is 46.3 Å². The topological polar surface area (TPSA) is 169 Å². The third-order valence-electron chi connectivity index (χ3n) is 5.96. The highest BCUT2D eigenvalue weighted by atomic mass is 35.5. The lowest BCUT2D eigenvalue weighted by molar-refractivity contribution is -0.138. The van der Waals surface area contributed by atoms with Crippen LogP contribution < -0.4 is 11.1 Å². The molecule has 1 aliphatic heterocycles. The van der Waals surface area contributed by atoms with Crippen LogP contribution in [0, 0.1) is 0 Å². The Morgan fingerprint density at radius 3 is 2.78 bits per heavy atom. The van der Waals surface area contributed by atoms with E-state index in [1.54, 1.807) is 0 Å². The number of benzene rings is 1. The summed E-state index contributed by atoms with van der Waals surface area (Å²) < 4.78 is 7.49. The quantitative estimate of drug-likeness (QED) is 0.168. The zero-order valence-electron chi connectivity index (χ0n) is 19.4. The highest BCUT2D eigenvalue weighted by Gasteiger charge is 2.44. The van der Waals surface area contributed by atoms with Crippen LogP contribution in [0.4, 0.5) is 5.82 Å². The number of aliphatic carboxylic acids is 1. The summed E-state index contributed by atoms with van der Waals surface area (Å²) in [4.78, 5) is 23.8. The van der Waals surface area contributed by atoms with Crippen molar-refractivity contribution in [2.45, 2.75) is 49.8 Å². The van der Waals surface area contributed by atoms with Gasteiger partial charge >= 0.3 is 5.97 Å². The summed E-state index contributed by atoms with van der Waals surface area (Å²) in [6.45, 7) is 0.649. The molecule has 0 bridgehead atoms. The Morgan fingerprint density at radius 2 is 2.03 bits per heavy atom. The number of fused-ring (bicyclic) bond motifs is 1. The molecule has 1 unspecified atom stereocenters. The second-order valence-corrected chi connectivity index (χ2v) is 10.0. The first-order valence-corrected chi connectivity index (χ1v) is 13.1. The predicted molar refractivity (Wildman–Crippen MR) is 137 cm³/mol. The Morgan fingerprint density at radius 1 is 1.25 bits per heavy atom. The molecule has 36 heavy (non-hydrogen) atoms. The van der Waals surface area contributed by atoms with Crippen LogP contribution >= 0.6 is 23.4 Å². The van der Waals surface area contributed by atoms with Gasteiger partial charge in [-0.3, -0.25) is 9.36 Å². The molecule has 1 fully saturated rings. The van der Waals surface area contributed by atoms with Crippen molar-refractivity contribution in [1.82, 2.24) is 19.5 Å². The lowest BCUT2D eigenvalue weighted by Gasteiger charge is -2.17. The number of hydrogen-bond acceptors (Lipinski definition) is 10. The van der Waals surface area contributed by atoms with Gasteiger partial charge in [0.15, 0.2) is 23.2 Å². The number of carboxylic acids is 1. The molecule has 194 valence electrons. The van der Waals surface area contributed by atoms with Gasteiger partial charge in [0.2, 0.25) is 5.28 Å². The maximum absolute atomic E-state index is 10.8. The molecule has 2 aromatic heterocycles. The third-order valence-corrected chi connectivity index (χ3v) is 7.21. The number of halogens is 1. The van der Waals surface area contributed by atoms with Crippen LogP contribution in [-0.4, -0.2) is 83.2 Å². The normalized spacial score (nSPS) is 22.7. The van der Waals surface area contributed by atoms with Crippen molar-refractivity contribution in [2.24, 2.45) is 5.73 Å². The molecule has 6 N–H and O–H groups in total. The van der Waals surface area contributed by atoms with E-state index < -0.39 is 36.6 Å². The van der Waals surface area contributed by atoms with Gasteiger partial charge in [-0.15, -0.1) is 0 Å². The fraction of sp³-hybridized carbons (Fsp3) is 0.478. The Bertz CT molecular complexity index is 1170. The van der Waals surface area contributed by atoms with Crippen LogP contribution in [0.2, 0.25) is 5.28 Å². The first-order chi connectivity index (χ1) is 17.3. The van der Waals surface area contributed by atoms with Crippen LogP contribution in [0.5, 0.6) is 0 Å². The number of aliphatic hydroxyl groups is 2. The molecule has 5 atom stereocenters. The summed E-state index contributed by atoms with van der Waals surface area (Å²) in [5.41, 5.74) is 7.61. The maximum atomic E-state index is 10.8. The van der Waals surface area contributed by atoms with E-state index in [-0.39, 0.29) is 11.7 Å². The van der Waals surface area contributed by atoms with Crippen molar-refractivity contribution in [2.75, 3.05) is 23.4 Å². The van der Waals surface area contributed by atoms with Gasteiger partial charge in [0.05, 0.1) is 12.4 Å².